The van der Waals surface area contributed by atoms with Crippen molar-refractivity contribution in [1.82, 2.24) is 19.2 Å². The fourth-order valence-electron chi connectivity index (χ4n) is 4.13. The van der Waals surface area contributed by atoms with Crippen molar-refractivity contribution in [3.63, 3.8) is 0 Å². The maximum atomic E-state index is 13.0. The number of para-hydroxylation sites is 1. The minimum atomic E-state index is -0.307. The highest BCUT2D eigenvalue weighted by molar-refractivity contribution is 6.13. The van der Waals surface area contributed by atoms with E-state index in [1.165, 1.54) is 25.9 Å². The Morgan fingerprint density at radius 3 is 2.69 bits per heavy atom. The molecule has 0 radical (unpaired) electrons. The van der Waals surface area contributed by atoms with Crippen LogP contribution in [0.5, 0.6) is 0 Å². The summed E-state index contributed by atoms with van der Waals surface area (Å²) in [4.78, 5) is 28.0. The van der Waals surface area contributed by atoms with Gasteiger partial charge in [0, 0.05) is 36.8 Å². The molecule has 0 spiro atoms. The van der Waals surface area contributed by atoms with Crippen LogP contribution in [-0.4, -0.2) is 44.8 Å². The molecule has 3 heterocycles. The SMILES string of the molecule is Cc1c(C(=O)Nc2ccn(CCCN3CCCC3)n2)c2ccccc2n(C)c1=O. The topological polar surface area (TPSA) is 72.2 Å². The summed E-state index contributed by atoms with van der Waals surface area (Å²) in [6.45, 7) is 6.00. The van der Waals surface area contributed by atoms with Gasteiger partial charge in [0.15, 0.2) is 5.82 Å². The van der Waals surface area contributed by atoms with Gasteiger partial charge in [0.25, 0.3) is 11.5 Å². The minimum Gasteiger partial charge on any atom is -0.311 e. The number of nitrogens with zero attached hydrogens (tertiary/aromatic N) is 4. The molecule has 1 N–H and O–H groups in total. The molecular weight excluding hydrogens is 366 g/mol. The van der Waals surface area contributed by atoms with Gasteiger partial charge < -0.3 is 14.8 Å². The lowest BCUT2D eigenvalue weighted by Crippen LogP contribution is -2.26. The summed E-state index contributed by atoms with van der Waals surface area (Å²) in [5.74, 6) is 0.194. The first-order valence-corrected chi connectivity index (χ1v) is 10.2. The number of nitrogens with one attached hydrogen (secondary N) is 1. The van der Waals surface area contributed by atoms with Gasteiger partial charge in [0.05, 0.1) is 11.1 Å². The van der Waals surface area contributed by atoms with E-state index in [1.807, 2.05) is 35.1 Å². The van der Waals surface area contributed by atoms with E-state index >= 15 is 0 Å². The second kappa shape index (κ2) is 8.21. The highest BCUT2D eigenvalue weighted by Gasteiger charge is 2.19. The van der Waals surface area contributed by atoms with Gasteiger partial charge in [-0.05, 0) is 51.9 Å². The van der Waals surface area contributed by atoms with Crippen LogP contribution in [0.3, 0.4) is 0 Å². The summed E-state index contributed by atoms with van der Waals surface area (Å²) < 4.78 is 3.44. The summed E-state index contributed by atoms with van der Waals surface area (Å²) in [5, 5.41) is 8.09. The molecule has 1 fully saturated rings. The number of benzene rings is 1. The van der Waals surface area contributed by atoms with Gasteiger partial charge >= 0.3 is 0 Å². The fourth-order valence-corrected chi connectivity index (χ4v) is 4.13. The van der Waals surface area contributed by atoms with Gasteiger partial charge in [0.1, 0.15) is 0 Å². The zero-order chi connectivity index (χ0) is 20.4. The molecule has 1 aliphatic rings. The first kappa shape index (κ1) is 19.4. The number of anilines is 1. The van der Waals surface area contributed by atoms with Gasteiger partial charge in [-0.2, -0.15) is 5.10 Å². The highest BCUT2D eigenvalue weighted by atomic mass is 16.2. The maximum Gasteiger partial charge on any atom is 0.258 e. The third kappa shape index (κ3) is 3.96. The maximum absolute atomic E-state index is 13.0. The first-order chi connectivity index (χ1) is 14.0. The van der Waals surface area contributed by atoms with E-state index in [0.29, 0.717) is 16.9 Å². The van der Waals surface area contributed by atoms with E-state index in [-0.39, 0.29) is 11.5 Å². The van der Waals surface area contributed by atoms with E-state index in [0.717, 1.165) is 30.4 Å². The highest BCUT2D eigenvalue weighted by Crippen LogP contribution is 2.20. The summed E-state index contributed by atoms with van der Waals surface area (Å²) in [7, 11) is 1.73. The smallest absolute Gasteiger partial charge is 0.258 e. The monoisotopic (exact) mass is 393 g/mol. The molecule has 0 atom stereocenters. The molecule has 1 amide bonds. The molecule has 3 aromatic rings. The van der Waals surface area contributed by atoms with Crippen molar-refractivity contribution in [2.75, 3.05) is 25.0 Å². The minimum absolute atomic E-state index is 0.165. The predicted molar refractivity (Wildman–Crippen MR) is 114 cm³/mol. The number of aromatic nitrogens is 3. The van der Waals surface area contributed by atoms with Crippen molar-refractivity contribution in [2.24, 2.45) is 7.05 Å². The summed E-state index contributed by atoms with van der Waals surface area (Å²) in [6.07, 6.45) is 5.52. The molecule has 0 bridgehead atoms. The van der Waals surface area contributed by atoms with Crippen molar-refractivity contribution in [1.29, 1.82) is 0 Å². The Hall–Kier alpha value is -2.93. The molecule has 1 aliphatic heterocycles. The quantitative estimate of drug-likeness (QED) is 0.699. The van der Waals surface area contributed by atoms with Crippen molar-refractivity contribution < 1.29 is 4.79 Å². The lowest BCUT2D eigenvalue weighted by Gasteiger charge is -2.14. The number of rotatable bonds is 6. The van der Waals surface area contributed by atoms with Crippen LogP contribution in [0.2, 0.25) is 0 Å². The number of aryl methyl sites for hydroxylation is 2. The molecule has 2 aromatic heterocycles. The molecule has 1 saturated heterocycles. The van der Waals surface area contributed by atoms with E-state index in [2.05, 4.69) is 15.3 Å². The van der Waals surface area contributed by atoms with Crippen LogP contribution >= 0.6 is 0 Å². The van der Waals surface area contributed by atoms with Crippen LogP contribution < -0.4 is 10.9 Å². The molecule has 0 saturated carbocycles. The standard InChI is InChI=1S/C22H27N5O2/c1-16-20(17-8-3-4-9-18(17)25(2)22(16)29)21(28)23-19-10-15-27(24-19)14-7-13-26-11-5-6-12-26/h3-4,8-10,15H,5-7,11-14H2,1-2H3,(H,23,24,28). The third-order valence-corrected chi connectivity index (χ3v) is 5.70. The zero-order valence-electron chi connectivity index (χ0n) is 17.0. The van der Waals surface area contributed by atoms with Gasteiger partial charge in [-0.25, -0.2) is 0 Å². The van der Waals surface area contributed by atoms with Crippen molar-refractivity contribution in [3.8, 4) is 0 Å². The van der Waals surface area contributed by atoms with Gasteiger partial charge in [-0.1, -0.05) is 18.2 Å². The number of carbonyl (C=O) groups is 1. The van der Waals surface area contributed by atoms with Crippen LogP contribution in [0.4, 0.5) is 5.82 Å². The molecule has 0 unspecified atom stereocenters. The second-order valence-corrected chi connectivity index (χ2v) is 7.70. The Balaban J connectivity index is 1.49. The number of likely N-dealkylation sites (tertiary alicyclic amines) is 1. The number of amides is 1. The summed E-state index contributed by atoms with van der Waals surface area (Å²) in [5.41, 5.74) is 1.42. The molecule has 7 nitrogen and oxygen atoms in total. The molecule has 7 heteroatoms. The fraction of sp³-hybridized carbons (Fsp3) is 0.409. The Kier molecular flexibility index (Phi) is 5.49. The van der Waals surface area contributed by atoms with Crippen LogP contribution in [0.1, 0.15) is 35.2 Å². The molecule has 0 aliphatic carbocycles. The lowest BCUT2D eigenvalue weighted by molar-refractivity contribution is 0.102. The second-order valence-electron chi connectivity index (χ2n) is 7.70. The molecule has 1 aromatic carbocycles. The van der Waals surface area contributed by atoms with Crippen molar-refractivity contribution in [3.05, 3.63) is 58.0 Å². The van der Waals surface area contributed by atoms with Crippen LogP contribution in [0.15, 0.2) is 41.3 Å². The Labute approximate surface area is 169 Å². The molecular formula is C22H27N5O2. The lowest BCUT2D eigenvalue weighted by atomic mass is 10.0. The van der Waals surface area contributed by atoms with Gasteiger partial charge in [-0.3, -0.25) is 14.3 Å². The van der Waals surface area contributed by atoms with E-state index in [9.17, 15) is 9.59 Å². The van der Waals surface area contributed by atoms with Crippen LogP contribution in [0, 0.1) is 6.92 Å². The summed E-state index contributed by atoms with van der Waals surface area (Å²) in [6, 6.07) is 9.25. The zero-order valence-corrected chi connectivity index (χ0v) is 17.0. The predicted octanol–water partition coefficient (Wildman–Crippen LogP) is 2.78. The Morgan fingerprint density at radius 1 is 1.14 bits per heavy atom. The van der Waals surface area contributed by atoms with E-state index in [1.54, 1.807) is 24.6 Å². The average molecular weight is 393 g/mol. The molecule has 29 heavy (non-hydrogen) atoms. The van der Waals surface area contributed by atoms with E-state index < -0.39 is 0 Å². The van der Waals surface area contributed by atoms with Crippen LogP contribution in [-0.2, 0) is 13.6 Å². The Bertz CT molecular complexity index is 1090. The van der Waals surface area contributed by atoms with Crippen molar-refractivity contribution in [2.45, 2.75) is 32.7 Å². The van der Waals surface area contributed by atoms with Gasteiger partial charge in [0.2, 0.25) is 0 Å². The number of hydrogen-bond acceptors (Lipinski definition) is 4. The Morgan fingerprint density at radius 2 is 1.90 bits per heavy atom. The normalized spacial score (nSPS) is 14.6. The van der Waals surface area contributed by atoms with Crippen molar-refractivity contribution >= 4 is 22.6 Å². The first-order valence-electron chi connectivity index (χ1n) is 10.2. The van der Waals surface area contributed by atoms with E-state index in [4.69, 9.17) is 0 Å². The molecule has 152 valence electrons. The molecule has 4 rings (SSSR count). The number of pyridine rings is 1. The number of hydrogen-bond donors (Lipinski definition) is 1. The van der Waals surface area contributed by atoms with Crippen LogP contribution in [0.25, 0.3) is 10.9 Å². The third-order valence-electron chi connectivity index (χ3n) is 5.70. The summed E-state index contributed by atoms with van der Waals surface area (Å²) >= 11 is 0. The largest absolute Gasteiger partial charge is 0.311 e. The number of fused-ring (bicyclic) bond motifs is 1. The van der Waals surface area contributed by atoms with Gasteiger partial charge in [-0.15, -0.1) is 0 Å². The average Bonchev–Trinajstić information content (AvgIpc) is 3.39. The number of carbonyl (C=O) groups excluding carboxylic acids is 1.